The summed E-state index contributed by atoms with van der Waals surface area (Å²) in [6, 6.07) is 5.55. The van der Waals surface area contributed by atoms with Gasteiger partial charge in [-0.25, -0.2) is 0 Å². The van der Waals surface area contributed by atoms with Gasteiger partial charge in [-0.3, -0.25) is 14.3 Å². The van der Waals surface area contributed by atoms with E-state index in [0.717, 1.165) is 12.1 Å². The molecule has 2 heterocycles. The van der Waals surface area contributed by atoms with E-state index in [4.69, 9.17) is 10.00 Å². The molecule has 1 aliphatic rings. The summed E-state index contributed by atoms with van der Waals surface area (Å²) in [7, 11) is 3.09. The molecule has 2 amide bonds. The average Bonchev–Trinajstić information content (AvgIpc) is 3.23. The molecule has 0 aliphatic carbocycles. The number of methoxy groups -OCH3 is 1. The number of rotatable bonds is 6. The number of nitrogens with one attached hydrogen (secondary N) is 1. The molecule has 1 saturated heterocycles. The second-order valence-corrected chi connectivity index (χ2v) is 7.42. The van der Waals surface area contributed by atoms with Gasteiger partial charge in [-0.2, -0.15) is 23.5 Å². The molecule has 12 heteroatoms. The smallest absolute Gasteiger partial charge is 0.383 e. The van der Waals surface area contributed by atoms with Crippen molar-refractivity contribution in [3.8, 4) is 6.07 Å². The van der Waals surface area contributed by atoms with E-state index in [-0.39, 0.29) is 44.2 Å². The van der Waals surface area contributed by atoms with Crippen LogP contribution in [0.25, 0.3) is 0 Å². The second kappa shape index (κ2) is 9.91. The highest BCUT2D eigenvalue weighted by molar-refractivity contribution is 5.97. The van der Waals surface area contributed by atoms with Crippen molar-refractivity contribution in [2.24, 2.45) is 7.05 Å². The molecule has 1 aromatic heterocycles. The molecule has 2 aromatic rings. The van der Waals surface area contributed by atoms with E-state index in [2.05, 4.69) is 10.4 Å². The first-order chi connectivity index (χ1) is 15.7. The largest absolute Gasteiger partial charge is 0.417 e. The van der Waals surface area contributed by atoms with Crippen LogP contribution in [0.1, 0.15) is 21.6 Å². The van der Waals surface area contributed by atoms with Gasteiger partial charge < -0.3 is 19.9 Å². The molecule has 1 fully saturated rings. The molecule has 33 heavy (non-hydrogen) atoms. The molecule has 9 nitrogen and oxygen atoms in total. The number of hydrogen-bond acceptors (Lipinski definition) is 6. The molecule has 1 atom stereocenters. The van der Waals surface area contributed by atoms with Crippen LogP contribution < -0.4 is 10.2 Å². The summed E-state index contributed by atoms with van der Waals surface area (Å²) in [6.07, 6.45) is -3.23. The lowest BCUT2D eigenvalue weighted by molar-refractivity contribution is -0.137. The number of alkyl halides is 3. The number of aryl methyl sites for hydroxylation is 1. The zero-order valence-corrected chi connectivity index (χ0v) is 18.1. The number of nitrogens with zero attached hydrogens (tertiary/aromatic N) is 5. The fraction of sp³-hybridized carbons (Fsp3) is 0.429. The van der Waals surface area contributed by atoms with E-state index < -0.39 is 35.2 Å². The van der Waals surface area contributed by atoms with Gasteiger partial charge in [0.15, 0.2) is 0 Å². The van der Waals surface area contributed by atoms with Gasteiger partial charge >= 0.3 is 6.18 Å². The van der Waals surface area contributed by atoms with E-state index in [9.17, 15) is 22.8 Å². The summed E-state index contributed by atoms with van der Waals surface area (Å²) in [5.74, 6) is -0.852. The predicted octanol–water partition coefficient (Wildman–Crippen LogP) is 1.40. The van der Waals surface area contributed by atoms with Crippen LogP contribution in [0.4, 0.5) is 18.9 Å². The Bertz CT molecular complexity index is 1060. The molecule has 0 bridgehead atoms. The summed E-state index contributed by atoms with van der Waals surface area (Å²) in [5, 5.41) is 15.7. The summed E-state index contributed by atoms with van der Waals surface area (Å²) >= 11 is 0. The third kappa shape index (κ3) is 5.25. The minimum absolute atomic E-state index is 0.0222. The Labute approximate surface area is 188 Å². The first kappa shape index (κ1) is 24.1. The second-order valence-electron chi connectivity index (χ2n) is 7.42. The topological polar surface area (TPSA) is 103 Å². The van der Waals surface area contributed by atoms with Crippen molar-refractivity contribution < 1.29 is 27.5 Å². The van der Waals surface area contributed by atoms with Crippen molar-refractivity contribution in [2.75, 3.05) is 44.8 Å². The van der Waals surface area contributed by atoms with Gasteiger partial charge in [-0.1, -0.05) is 0 Å². The molecule has 1 aliphatic heterocycles. The van der Waals surface area contributed by atoms with Crippen LogP contribution in [0.15, 0.2) is 30.5 Å². The van der Waals surface area contributed by atoms with Crippen molar-refractivity contribution in [1.82, 2.24) is 20.0 Å². The van der Waals surface area contributed by atoms with Crippen LogP contribution in [-0.4, -0.2) is 72.4 Å². The highest BCUT2D eigenvalue weighted by atomic mass is 19.4. The monoisotopic (exact) mass is 464 g/mol. The summed E-state index contributed by atoms with van der Waals surface area (Å²) in [4.78, 5) is 29.0. The van der Waals surface area contributed by atoms with Crippen molar-refractivity contribution in [3.63, 3.8) is 0 Å². The fourth-order valence-corrected chi connectivity index (χ4v) is 3.67. The quantitative estimate of drug-likeness (QED) is 0.649. The Hall–Kier alpha value is -3.59. The van der Waals surface area contributed by atoms with Crippen LogP contribution in [-0.2, 0) is 22.8 Å². The van der Waals surface area contributed by atoms with Crippen LogP contribution in [0.3, 0.4) is 0 Å². The van der Waals surface area contributed by atoms with Crippen molar-refractivity contribution >= 4 is 17.5 Å². The molecule has 1 unspecified atom stereocenters. The Morgan fingerprint density at radius 1 is 1.30 bits per heavy atom. The molecule has 1 aromatic carbocycles. The Morgan fingerprint density at radius 3 is 2.67 bits per heavy atom. The predicted molar refractivity (Wildman–Crippen MR) is 111 cm³/mol. The number of hydrogen-bond donors (Lipinski definition) is 1. The number of amides is 2. The standard InChI is InChI=1S/C21H23F3N6O3/c1-28-17(5-6-27-28)20(32)30-9-8-29(13-18(30)19(31)26-7-10-33-2)15-4-3-14(12-25)16(11-15)21(22,23)24/h3-6,11,18H,7-10,13H2,1-2H3,(H,26,31). The molecule has 176 valence electrons. The fourth-order valence-electron chi connectivity index (χ4n) is 3.67. The van der Waals surface area contributed by atoms with Crippen LogP contribution in [0.2, 0.25) is 0 Å². The Kier molecular flexibility index (Phi) is 7.23. The first-order valence-electron chi connectivity index (χ1n) is 10.1. The lowest BCUT2D eigenvalue weighted by atomic mass is 10.0. The van der Waals surface area contributed by atoms with E-state index in [0.29, 0.717) is 0 Å². The van der Waals surface area contributed by atoms with E-state index in [1.54, 1.807) is 18.0 Å². The van der Waals surface area contributed by atoms with E-state index in [1.165, 1.54) is 35.0 Å². The number of benzene rings is 1. The molecule has 0 saturated carbocycles. The molecule has 1 N–H and O–H groups in total. The third-order valence-electron chi connectivity index (χ3n) is 5.38. The van der Waals surface area contributed by atoms with Gasteiger partial charge in [0, 0.05) is 52.2 Å². The average molecular weight is 464 g/mol. The lowest BCUT2D eigenvalue weighted by Crippen LogP contribution is -2.61. The van der Waals surface area contributed by atoms with Gasteiger partial charge in [0.2, 0.25) is 5.91 Å². The maximum absolute atomic E-state index is 13.4. The van der Waals surface area contributed by atoms with Crippen molar-refractivity contribution in [2.45, 2.75) is 12.2 Å². The lowest BCUT2D eigenvalue weighted by Gasteiger charge is -2.41. The molecule has 3 rings (SSSR count). The number of nitriles is 1. The molecule has 0 spiro atoms. The normalized spacial score (nSPS) is 16.4. The van der Waals surface area contributed by atoms with Crippen LogP contribution >= 0.6 is 0 Å². The third-order valence-corrected chi connectivity index (χ3v) is 5.38. The number of carbonyl (C=O) groups excluding carboxylic acids is 2. The van der Waals surface area contributed by atoms with Gasteiger partial charge in [-0.15, -0.1) is 0 Å². The summed E-state index contributed by atoms with van der Waals surface area (Å²) in [6.45, 7) is 0.769. The maximum atomic E-state index is 13.4. The first-order valence-corrected chi connectivity index (χ1v) is 10.1. The van der Waals surface area contributed by atoms with Gasteiger partial charge in [0.1, 0.15) is 11.7 Å². The number of piperazine rings is 1. The minimum atomic E-state index is -4.70. The molecular weight excluding hydrogens is 441 g/mol. The maximum Gasteiger partial charge on any atom is 0.417 e. The number of halogens is 3. The zero-order chi connectivity index (χ0) is 24.2. The van der Waals surface area contributed by atoms with Gasteiger partial charge in [0.25, 0.3) is 5.91 Å². The number of anilines is 1. The summed E-state index contributed by atoms with van der Waals surface area (Å²) < 4.78 is 46.6. The van der Waals surface area contributed by atoms with Crippen molar-refractivity contribution in [1.29, 1.82) is 5.26 Å². The van der Waals surface area contributed by atoms with Gasteiger partial charge in [-0.05, 0) is 24.3 Å². The minimum Gasteiger partial charge on any atom is -0.383 e. The van der Waals surface area contributed by atoms with Crippen LogP contribution in [0, 0.1) is 11.3 Å². The van der Waals surface area contributed by atoms with Crippen LogP contribution in [0.5, 0.6) is 0 Å². The molecule has 0 radical (unpaired) electrons. The van der Waals surface area contributed by atoms with Gasteiger partial charge in [0.05, 0.1) is 23.8 Å². The van der Waals surface area contributed by atoms with E-state index in [1.807, 2.05) is 0 Å². The van der Waals surface area contributed by atoms with E-state index >= 15 is 0 Å². The SMILES string of the molecule is COCCNC(=O)C1CN(c2ccc(C#N)c(C(F)(F)F)c2)CCN1C(=O)c1ccnn1C. The number of aromatic nitrogens is 2. The summed E-state index contributed by atoms with van der Waals surface area (Å²) in [5.41, 5.74) is -1.03. The highest BCUT2D eigenvalue weighted by Gasteiger charge is 2.38. The van der Waals surface area contributed by atoms with Crippen molar-refractivity contribution in [3.05, 3.63) is 47.3 Å². The zero-order valence-electron chi connectivity index (χ0n) is 18.1. The Morgan fingerprint density at radius 2 is 2.06 bits per heavy atom. The number of carbonyl (C=O) groups is 2. The highest BCUT2D eigenvalue weighted by Crippen LogP contribution is 2.35. The Balaban J connectivity index is 1.90. The number of ether oxygens (including phenoxy) is 1. The molecular formula is C21H23F3N6O3.